The van der Waals surface area contributed by atoms with Gasteiger partial charge < -0.3 is 5.32 Å². The van der Waals surface area contributed by atoms with Crippen LogP contribution in [0, 0.1) is 17.2 Å². The molecule has 122 valence electrons. The van der Waals surface area contributed by atoms with Crippen LogP contribution in [0.5, 0.6) is 0 Å². The summed E-state index contributed by atoms with van der Waals surface area (Å²) < 4.78 is 0. The zero-order valence-electron chi connectivity index (χ0n) is 12.9. The molecule has 8 nitrogen and oxygen atoms in total. The maximum Gasteiger partial charge on any atom is 0.327 e. The third-order valence-corrected chi connectivity index (χ3v) is 4.80. The van der Waals surface area contributed by atoms with Crippen molar-refractivity contribution in [1.82, 2.24) is 20.8 Å². The smallest absolute Gasteiger partial charge is 0.327 e. The molecule has 24 heavy (non-hydrogen) atoms. The fraction of sp³-hybridized carbons (Fsp3) is 0.312. The SMILES string of the molecule is CC1NNC2Nc3[nH]c(=O)[nH]c(=O)c3C(c3ccc(C#N)cc3)C12. The summed E-state index contributed by atoms with van der Waals surface area (Å²) in [5.74, 6) is 0.289. The highest BCUT2D eigenvalue weighted by Crippen LogP contribution is 2.42. The van der Waals surface area contributed by atoms with Gasteiger partial charge in [-0.3, -0.25) is 20.2 Å². The number of nitrogens with zero attached hydrogens (tertiary/aromatic N) is 1. The maximum atomic E-state index is 12.5. The van der Waals surface area contributed by atoms with E-state index in [0.717, 1.165) is 5.56 Å². The van der Waals surface area contributed by atoms with Gasteiger partial charge in [0.15, 0.2) is 0 Å². The molecule has 1 aromatic heterocycles. The summed E-state index contributed by atoms with van der Waals surface area (Å²) in [5.41, 5.74) is 7.42. The van der Waals surface area contributed by atoms with Crippen LogP contribution >= 0.6 is 0 Å². The van der Waals surface area contributed by atoms with Crippen molar-refractivity contribution in [3.63, 3.8) is 0 Å². The number of anilines is 1. The van der Waals surface area contributed by atoms with Crippen LogP contribution in [0.1, 0.15) is 29.5 Å². The lowest BCUT2D eigenvalue weighted by Crippen LogP contribution is -2.47. The van der Waals surface area contributed by atoms with Gasteiger partial charge in [0.25, 0.3) is 5.56 Å². The summed E-state index contributed by atoms with van der Waals surface area (Å²) in [6, 6.07) is 9.43. The molecule has 5 N–H and O–H groups in total. The van der Waals surface area contributed by atoms with E-state index in [1.54, 1.807) is 12.1 Å². The van der Waals surface area contributed by atoms with E-state index in [2.05, 4.69) is 32.2 Å². The molecule has 4 unspecified atom stereocenters. The van der Waals surface area contributed by atoms with Crippen molar-refractivity contribution in [2.75, 3.05) is 5.32 Å². The Morgan fingerprint density at radius 2 is 1.83 bits per heavy atom. The van der Waals surface area contributed by atoms with Crippen LogP contribution in [0.15, 0.2) is 33.9 Å². The number of nitrogens with one attached hydrogen (secondary N) is 5. The van der Waals surface area contributed by atoms with E-state index in [4.69, 9.17) is 5.26 Å². The predicted molar refractivity (Wildman–Crippen MR) is 87.3 cm³/mol. The Bertz CT molecular complexity index is 939. The number of rotatable bonds is 1. The molecule has 0 spiro atoms. The van der Waals surface area contributed by atoms with Crippen LogP contribution in [-0.2, 0) is 0 Å². The van der Waals surface area contributed by atoms with E-state index in [9.17, 15) is 9.59 Å². The van der Waals surface area contributed by atoms with E-state index < -0.39 is 11.2 Å². The molecular weight excluding hydrogens is 308 g/mol. The Kier molecular flexibility index (Phi) is 3.26. The highest BCUT2D eigenvalue weighted by molar-refractivity contribution is 5.54. The van der Waals surface area contributed by atoms with Crippen LogP contribution in [0.2, 0.25) is 0 Å². The van der Waals surface area contributed by atoms with Gasteiger partial charge in [-0.2, -0.15) is 5.26 Å². The van der Waals surface area contributed by atoms with E-state index in [1.165, 1.54) is 0 Å². The van der Waals surface area contributed by atoms with Crippen molar-refractivity contribution in [3.8, 4) is 6.07 Å². The molecule has 4 rings (SSSR count). The first kappa shape index (κ1) is 14.7. The first-order chi connectivity index (χ1) is 11.6. The fourth-order valence-corrected chi connectivity index (χ4v) is 3.72. The molecule has 1 saturated heterocycles. The maximum absolute atomic E-state index is 12.5. The van der Waals surface area contributed by atoms with Gasteiger partial charge in [-0.25, -0.2) is 10.2 Å². The van der Waals surface area contributed by atoms with E-state index in [-0.39, 0.29) is 24.0 Å². The predicted octanol–water partition coefficient (Wildman–Crippen LogP) is -0.0691. The number of aromatic amines is 2. The summed E-state index contributed by atoms with van der Waals surface area (Å²) in [5, 5.41) is 12.2. The number of nitriles is 1. The van der Waals surface area contributed by atoms with Crippen molar-refractivity contribution in [1.29, 1.82) is 5.26 Å². The Morgan fingerprint density at radius 3 is 2.54 bits per heavy atom. The molecule has 1 aromatic carbocycles. The summed E-state index contributed by atoms with van der Waals surface area (Å²) in [6.45, 7) is 2.04. The summed E-state index contributed by atoms with van der Waals surface area (Å²) in [4.78, 5) is 29.1. The van der Waals surface area contributed by atoms with Gasteiger partial charge in [-0.05, 0) is 24.6 Å². The zero-order chi connectivity index (χ0) is 16.8. The summed E-state index contributed by atoms with van der Waals surface area (Å²) >= 11 is 0. The van der Waals surface area contributed by atoms with E-state index in [0.29, 0.717) is 16.9 Å². The van der Waals surface area contributed by atoms with Crippen LogP contribution in [0.25, 0.3) is 0 Å². The van der Waals surface area contributed by atoms with Gasteiger partial charge in [0.05, 0.1) is 23.4 Å². The minimum atomic E-state index is -0.540. The number of hydrogen-bond acceptors (Lipinski definition) is 6. The van der Waals surface area contributed by atoms with Gasteiger partial charge >= 0.3 is 5.69 Å². The molecule has 0 bridgehead atoms. The number of benzene rings is 1. The number of H-pyrrole nitrogens is 2. The van der Waals surface area contributed by atoms with Crippen molar-refractivity contribution in [2.24, 2.45) is 5.92 Å². The quantitative estimate of drug-likeness (QED) is 0.500. The normalized spacial score (nSPS) is 27.7. The molecule has 0 aliphatic carbocycles. The summed E-state index contributed by atoms with van der Waals surface area (Å²) in [6.07, 6.45) is -0.120. The molecule has 8 heteroatoms. The van der Waals surface area contributed by atoms with Crippen LogP contribution in [-0.4, -0.2) is 22.2 Å². The lowest BCUT2D eigenvalue weighted by Gasteiger charge is -2.36. The van der Waals surface area contributed by atoms with Crippen LogP contribution < -0.4 is 27.4 Å². The Balaban J connectivity index is 1.93. The Morgan fingerprint density at radius 1 is 1.08 bits per heavy atom. The fourth-order valence-electron chi connectivity index (χ4n) is 3.72. The first-order valence-corrected chi connectivity index (χ1v) is 7.72. The third-order valence-electron chi connectivity index (χ3n) is 4.80. The number of aromatic nitrogens is 2. The van der Waals surface area contributed by atoms with Crippen molar-refractivity contribution in [3.05, 3.63) is 61.8 Å². The zero-order valence-corrected chi connectivity index (χ0v) is 12.9. The number of hydrazine groups is 1. The standard InChI is InChI=1S/C16H16N6O2/c1-7-10-11(9-4-2-8(6-17)3-5-9)12-13(18-14(10)22-21-7)19-16(24)20-15(12)23/h2-5,7,10-11,14,21-22H,1H3,(H3,18,19,20,23,24). The highest BCUT2D eigenvalue weighted by atomic mass is 16.2. The lowest BCUT2D eigenvalue weighted by atomic mass is 9.75. The molecular formula is C16H16N6O2. The molecule has 0 saturated carbocycles. The van der Waals surface area contributed by atoms with Gasteiger partial charge in [0.2, 0.25) is 0 Å². The van der Waals surface area contributed by atoms with Crippen LogP contribution in [0.4, 0.5) is 5.82 Å². The molecule has 2 aromatic rings. The first-order valence-electron chi connectivity index (χ1n) is 7.72. The van der Waals surface area contributed by atoms with Gasteiger partial charge in [-0.1, -0.05) is 12.1 Å². The third kappa shape index (κ3) is 2.14. The van der Waals surface area contributed by atoms with Crippen molar-refractivity contribution in [2.45, 2.75) is 25.0 Å². The topological polar surface area (TPSA) is 126 Å². The molecule has 1 fully saturated rings. The van der Waals surface area contributed by atoms with Crippen molar-refractivity contribution < 1.29 is 0 Å². The average Bonchev–Trinajstić information content (AvgIpc) is 2.94. The summed E-state index contributed by atoms with van der Waals surface area (Å²) in [7, 11) is 0. The monoisotopic (exact) mass is 324 g/mol. The molecule has 3 heterocycles. The minimum Gasteiger partial charge on any atom is -0.354 e. The number of fused-ring (bicyclic) bond motifs is 2. The molecule has 2 aliphatic heterocycles. The molecule has 0 amide bonds. The van der Waals surface area contributed by atoms with Gasteiger partial charge in [0.1, 0.15) is 5.82 Å². The van der Waals surface area contributed by atoms with Crippen LogP contribution in [0.3, 0.4) is 0 Å². The van der Waals surface area contributed by atoms with Gasteiger partial charge in [-0.15, -0.1) is 0 Å². The highest BCUT2D eigenvalue weighted by Gasteiger charge is 2.45. The van der Waals surface area contributed by atoms with E-state index in [1.807, 2.05) is 19.1 Å². The second-order valence-corrected chi connectivity index (χ2v) is 6.19. The largest absolute Gasteiger partial charge is 0.354 e. The Labute approximate surface area is 136 Å². The van der Waals surface area contributed by atoms with Crippen molar-refractivity contribution >= 4 is 5.82 Å². The lowest BCUT2D eigenvalue weighted by molar-refractivity contribution is 0.386. The number of hydrogen-bond donors (Lipinski definition) is 5. The Hall–Kier alpha value is -2.89. The molecule has 4 atom stereocenters. The van der Waals surface area contributed by atoms with Gasteiger partial charge in [0, 0.05) is 17.9 Å². The average molecular weight is 324 g/mol. The second-order valence-electron chi connectivity index (χ2n) is 6.19. The molecule has 0 radical (unpaired) electrons. The van der Waals surface area contributed by atoms with E-state index >= 15 is 0 Å². The second kappa shape index (κ2) is 5.33. The molecule has 2 aliphatic rings. The minimum absolute atomic E-state index is 0.0671.